The molecule has 9 heteroatoms. The second-order valence-electron chi connectivity index (χ2n) is 8.95. The van der Waals surface area contributed by atoms with Crippen LogP contribution >= 0.6 is 11.6 Å². The van der Waals surface area contributed by atoms with Gasteiger partial charge >= 0.3 is 0 Å². The summed E-state index contributed by atoms with van der Waals surface area (Å²) in [5.74, 6) is 1.19. The number of aryl methyl sites for hydroxylation is 1. The fourth-order valence-electron chi connectivity index (χ4n) is 4.40. The summed E-state index contributed by atoms with van der Waals surface area (Å²) in [5.41, 5.74) is 2.77. The second-order valence-corrected chi connectivity index (χ2v) is 9.36. The first-order chi connectivity index (χ1) is 17.5. The molecule has 1 aromatic heterocycles. The highest BCUT2D eigenvalue weighted by Crippen LogP contribution is 2.36. The van der Waals surface area contributed by atoms with E-state index in [0.717, 1.165) is 29.9 Å². The van der Waals surface area contributed by atoms with Gasteiger partial charge in [0.25, 0.3) is 0 Å². The van der Waals surface area contributed by atoms with Gasteiger partial charge in [-0.3, -0.25) is 9.80 Å². The summed E-state index contributed by atoms with van der Waals surface area (Å²) in [6.45, 7) is 5.93. The Hall–Kier alpha value is -2.46. The van der Waals surface area contributed by atoms with E-state index in [1.54, 1.807) is 17.9 Å². The molecule has 8 nitrogen and oxygen atoms in total. The zero-order valence-corrected chi connectivity index (χ0v) is 21.7. The van der Waals surface area contributed by atoms with Crippen molar-refractivity contribution in [2.75, 3.05) is 59.7 Å². The highest BCUT2D eigenvalue weighted by molar-refractivity contribution is 6.32. The Kier molecular flexibility index (Phi) is 9.75. The molecular formula is C27H35ClN4O4. The molecule has 0 spiro atoms. The maximum Gasteiger partial charge on any atom is 0.222 e. The van der Waals surface area contributed by atoms with Crippen molar-refractivity contribution in [2.24, 2.45) is 7.05 Å². The zero-order chi connectivity index (χ0) is 25.3. The van der Waals surface area contributed by atoms with Crippen LogP contribution in [0.15, 0.2) is 54.6 Å². The highest BCUT2D eigenvalue weighted by Gasteiger charge is 2.24. The van der Waals surface area contributed by atoms with Gasteiger partial charge in [0, 0.05) is 59.0 Å². The Morgan fingerprint density at radius 3 is 2.56 bits per heavy atom. The standard InChI is InChI=1S/C27H35ClN4O4/c1-30-27(36-25-11-7-6-10-24(25)28)23(26(29-30)21-8-4-3-5-9-21)20-32(12-15-34-2)19-22(33)18-31-13-16-35-17-14-31/h3-11,22,33H,12-20H2,1-2H3. The molecule has 3 aromatic rings. The topological polar surface area (TPSA) is 72.2 Å². The smallest absolute Gasteiger partial charge is 0.222 e. The number of benzene rings is 2. The van der Waals surface area contributed by atoms with Crippen LogP contribution in [-0.4, -0.2) is 90.4 Å². The molecule has 1 N–H and O–H groups in total. The Balaban J connectivity index is 1.62. The normalized spacial score (nSPS) is 15.4. The molecule has 1 aliphatic heterocycles. The number of para-hydroxylation sites is 1. The van der Waals surface area contributed by atoms with Crippen molar-refractivity contribution in [3.8, 4) is 22.9 Å². The average molecular weight is 515 g/mol. The third kappa shape index (κ3) is 7.06. The van der Waals surface area contributed by atoms with Crippen molar-refractivity contribution in [1.82, 2.24) is 19.6 Å². The minimum atomic E-state index is -0.510. The number of hydrogen-bond acceptors (Lipinski definition) is 7. The summed E-state index contributed by atoms with van der Waals surface area (Å²) < 4.78 is 18.9. The maximum absolute atomic E-state index is 10.9. The summed E-state index contributed by atoms with van der Waals surface area (Å²) >= 11 is 6.41. The molecule has 1 atom stereocenters. The predicted octanol–water partition coefficient (Wildman–Crippen LogP) is 3.67. The van der Waals surface area contributed by atoms with Gasteiger partial charge in [-0.15, -0.1) is 0 Å². The lowest BCUT2D eigenvalue weighted by molar-refractivity contribution is 0.00434. The quantitative estimate of drug-likeness (QED) is 0.395. The number of aliphatic hydroxyl groups excluding tert-OH is 1. The minimum absolute atomic E-state index is 0.495. The summed E-state index contributed by atoms with van der Waals surface area (Å²) in [7, 11) is 3.56. The van der Waals surface area contributed by atoms with E-state index in [4.69, 9.17) is 30.9 Å². The first-order valence-electron chi connectivity index (χ1n) is 12.3. The van der Waals surface area contributed by atoms with Crippen molar-refractivity contribution < 1.29 is 19.3 Å². The Morgan fingerprint density at radius 1 is 1.11 bits per heavy atom. The molecule has 1 saturated heterocycles. The van der Waals surface area contributed by atoms with Crippen molar-refractivity contribution in [3.05, 3.63) is 65.2 Å². The van der Waals surface area contributed by atoms with Gasteiger partial charge in [0.2, 0.25) is 5.88 Å². The molecule has 0 radical (unpaired) electrons. The van der Waals surface area contributed by atoms with Crippen molar-refractivity contribution in [1.29, 1.82) is 0 Å². The molecule has 36 heavy (non-hydrogen) atoms. The summed E-state index contributed by atoms with van der Waals surface area (Å²) in [4.78, 5) is 4.44. The van der Waals surface area contributed by atoms with Gasteiger partial charge in [0.1, 0.15) is 11.4 Å². The van der Waals surface area contributed by atoms with Crippen LogP contribution in [0.2, 0.25) is 5.02 Å². The van der Waals surface area contributed by atoms with Crippen molar-refractivity contribution >= 4 is 11.6 Å². The molecule has 4 rings (SSSR count). The van der Waals surface area contributed by atoms with Crippen LogP contribution < -0.4 is 4.74 Å². The van der Waals surface area contributed by atoms with E-state index in [-0.39, 0.29) is 0 Å². The van der Waals surface area contributed by atoms with Crippen molar-refractivity contribution in [2.45, 2.75) is 12.6 Å². The van der Waals surface area contributed by atoms with Crippen LogP contribution in [0, 0.1) is 0 Å². The number of aromatic nitrogens is 2. The number of methoxy groups -OCH3 is 1. The minimum Gasteiger partial charge on any atom is -0.437 e. The van der Waals surface area contributed by atoms with E-state index < -0.39 is 6.10 Å². The first-order valence-corrected chi connectivity index (χ1v) is 12.7. The average Bonchev–Trinajstić information content (AvgIpc) is 3.19. The number of ether oxygens (including phenoxy) is 3. The van der Waals surface area contributed by atoms with E-state index in [1.807, 2.05) is 55.6 Å². The number of rotatable bonds is 12. The lowest BCUT2D eigenvalue weighted by Gasteiger charge is -2.31. The summed E-state index contributed by atoms with van der Waals surface area (Å²) in [6.07, 6.45) is -0.510. The van der Waals surface area contributed by atoms with Crippen LogP contribution in [0.4, 0.5) is 0 Å². The van der Waals surface area contributed by atoms with Crippen LogP contribution in [0.1, 0.15) is 5.56 Å². The number of halogens is 1. The fraction of sp³-hybridized carbons (Fsp3) is 0.444. The lowest BCUT2D eigenvalue weighted by Crippen LogP contribution is -2.45. The zero-order valence-electron chi connectivity index (χ0n) is 21.0. The maximum atomic E-state index is 10.9. The molecule has 0 saturated carbocycles. The molecule has 1 unspecified atom stereocenters. The van der Waals surface area contributed by atoms with Gasteiger partial charge in [-0.25, -0.2) is 4.68 Å². The number of aliphatic hydroxyl groups is 1. The molecular weight excluding hydrogens is 480 g/mol. The second kappa shape index (κ2) is 13.2. The third-order valence-electron chi connectivity index (χ3n) is 6.21. The monoisotopic (exact) mass is 514 g/mol. The molecule has 0 bridgehead atoms. The van der Waals surface area contributed by atoms with Crippen LogP contribution in [0.3, 0.4) is 0 Å². The van der Waals surface area contributed by atoms with Gasteiger partial charge in [-0.05, 0) is 12.1 Å². The lowest BCUT2D eigenvalue weighted by atomic mass is 10.1. The number of hydrogen-bond donors (Lipinski definition) is 1. The molecule has 194 valence electrons. The molecule has 0 aliphatic carbocycles. The SMILES string of the molecule is COCCN(Cc1c(-c2ccccc2)nn(C)c1Oc1ccccc1Cl)CC(O)CN1CCOCC1. The van der Waals surface area contributed by atoms with Gasteiger partial charge in [0.15, 0.2) is 0 Å². The van der Waals surface area contributed by atoms with Gasteiger partial charge in [0.05, 0.1) is 36.5 Å². The highest BCUT2D eigenvalue weighted by atomic mass is 35.5. The first kappa shape index (κ1) is 26.6. The molecule has 2 heterocycles. The Morgan fingerprint density at radius 2 is 1.83 bits per heavy atom. The molecule has 1 aliphatic rings. The van der Waals surface area contributed by atoms with Crippen molar-refractivity contribution in [3.63, 3.8) is 0 Å². The van der Waals surface area contributed by atoms with E-state index in [1.165, 1.54) is 0 Å². The molecule has 2 aromatic carbocycles. The Labute approximate surface area is 217 Å². The van der Waals surface area contributed by atoms with Crippen LogP contribution in [0.5, 0.6) is 11.6 Å². The largest absolute Gasteiger partial charge is 0.437 e. The number of β-amino-alcohol motifs (C(OH)–C–C–N with tert-alkyl or cyclic N) is 1. The van der Waals surface area contributed by atoms with Gasteiger partial charge < -0.3 is 19.3 Å². The van der Waals surface area contributed by atoms with E-state index in [0.29, 0.717) is 62.7 Å². The third-order valence-corrected chi connectivity index (χ3v) is 6.53. The van der Waals surface area contributed by atoms with E-state index in [2.05, 4.69) is 9.80 Å². The summed E-state index contributed by atoms with van der Waals surface area (Å²) in [5, 5.41) is 16.3. The number of morpholine rings is 1. The molecule has 0 amide bonds. The van der Waals surface area contributed by atoms with Crippen LogP contribution in [-0.2, 0) is 23.1 Å². The van der Waals surface area contributed by atoms with Gasteiger partial charge in [-0.1, -0.05) is 54.1 Å². The molecule has 1 fully saturated rings. The predicted molar refractivity (Wildman–Crippen MR) is 141 cm³/mol. The summed E-state index contributed by atoms with van der Waals surface area (Å²) in [6, 6.07) is 17.5. The Bertz CT molecular complexity index is 1090. The van der Waals surface area contributed by atoms with E-state index >= 15 is 0 Å². The van der Waals surface area contributed by atoms with E-state index in [9.17, 15) is 5.11 Å². The number of nitrogens with zero attached hydrogens (tertiary/aromatic N) is 4. The van der Waals surface area contributed by atoms with Gasteiger partial charge in [-0.2, -0.15) is 5.10 Å². The van der Waals surface area contributed by atoms with Crippen LogP contribution in [0.25, 0.3) is 11.3 Å². The fourth-order valence-corrected chi connectivity index (χ4v) is 4.57.